The van der Waals surface area contributed by atoms with Gasteiger partial charge in [0.2, 0.25) is 11.6 Å². The summed E-state index contributed by atoms with van der Waals surface area (Å²) in [5.41, 5.74) is -1.50. The van der Waals surface area contributed by atoms with Crippen LogP contribution < -0.4 is 18.9 Å². The molecule has 0 N–H and O–H groups in total. The number of hydrogen-bond acceptors (Lipinski definition) is 8. The molecule has 0 radical (unpaired) electrons. The molecule has 0 atom stereocenters. The van der Waals surface area contributed by atoms with Gasteiger partial charge in [0.1, 0.15) is 5.75 Å². The minimum Gasteiger partial charge on any atom is -0.497 e. The zero-order valence-electron chi connectivity index (χ0n) is 19.6. The van der Waals surface area contributed by atoms with Crippen LogP contribution in [0.3, 0.4) is 0 Å². The van der Waals surface area contributed by atoms with Crippen molar-refractivity contribution in [1.82, 2.24) is 0 Å². The van der Waals surface area contributed by atoms with E-state index in [2.05, 4.69) is 4.74 Å². The van der Waals surface area contributed by atoms with Crippen molar-refractivity contribution >= 4 is 11.4 Å². The van der Waals surface area contributed by atoms with E-state index in [1.165, 1.54) is 46.6 Å². The van der Waals surface area contributed by atoms with Crippen molar-refractivity contribution in [2.24, 2.45) is 0 Å². The molecule has 0 bridgehead atoms. The highest BCUT2D eigenvalue weighted by Crippen LogP contribution is 2.33. The van der Waals surface area contributed by atoms with Crippen molar-refractivity contribution in [2.75, 3.05) is 28.4 Å². The van der Waals surface area contributed by atoms with Crippen molar-refractivity contribution in [3.63, 3.8) is 0 Å². The lowest BCUT2D eigenvalue weighted by Crippen LogP contribution is -1.97. The molecule has 0 aliphatic rings. The molecule has 0 unspecified atom stereocenters. The Labute approximate surface area is 206 Å². The van der Waals surface area contributed by atoms with E-state index >= 15 is 0 Å². The van der Waals surface area contributed by atoms with E-state index in [1.807, 2.05) is 0 Å². The SMILES string of the molecule is COc1cc(OC)c([N+](=O)[O-])cc1F.COc1ccc(F)c(OC)c1.O=[N+]([O-])c1cc(F)c(F)cc1F. The second kappa shape index (κ2) is 14.0. The lowest BCUT2D eigenvalue weighted by atomic mass is 10.2. The summed E-state index contributed by atoms with van der Waals surface area (Å²) in [5, 5.41) is 20.4. The third kappa shape index (κ3) is 8.48. The summed E-state index contributed by atoms with van der Waals surface area (Å²) in [6.45, 7) is 0. The topological polar surface area (TPSA) is 123 Å². The monoisotopic (exact) mass is 534 g/mol. The minimum atomic E-state index is -1.45. The molecule has 3 aromatic carbocycles. The van der Waals surface area contributed by atoms with Gasteiger partial charge in [0.25, 0.3) is 0 Å². The van der Waals surface area contributed by atoms with Crippen LogP contribution in [0.5, 0.6) is 23.0 Å². The number of hydrogen-bond donors (Lipinski definition) is 0. The molecule has 0 amide bonds. The van der Waals surface area contributed by atoms with E-state index in [0.717, 1.165) is 12.1 Å². The average Bonchev–Trinajstić information content (AvgIpc) is 2.86. The molecule has 0 heterocycles. The Balaban J connectivity index is 0.000000280. The standard InChI is InChI=1S/C8H8FNO4.C8H9FO2.C6H2F3NO2/c1-13-7-4-8(14-2)6(10(11)12)3-5(7)9;1-10-6-3-4-7(9)8(5-6)11-2;7-3-1-5(9)6(10(11)12)2-4(3)8/h3-4H,1-2H3;3-5H,1-2H3;1-2H. The van der Waals surface area contributed by atoms with Crippen LogP contribution in [-0.2, 0) is 0 Å². The lowest BCUT2D eigenvalue weighted by molar-refractivity contribution is -0.387. The van der Waals surface area contributed by atoms with E-state index in [4.69, 9.17) is 14.2 Å². The molecule has 3 aromatic rings. The molecule has 0 aromatic heterocycles. The van der Waals surface area contributed by atoms with Crippen molar-refractivity contribution in [2.45, 2.75) is 0 Å². The van der Waals surface area contributed by atoms with Crippen LogP contribution in [0.25, 0.3) is 0 Å². The number of rotatable bonds is 6. The molecule has 0 saturated carbocycles. The minimum absolute atomic E-state index is 0.0340. The maximum atomic E-state index is 13.0. The number of ether oxygens (including phenoxy) is 4. The molecule has 0 spiro atoms. The van der Waals surface area contributed by atoms with Crippen LogP contribution in [0, 0.1) is 49.3 Å². The number of methoxy groups -OCH3 is 4. The van der Waals surface area contributed by atoms with Crippen LogP contribution in [0.15, 0.2) is 42.5 Å². The Morgan fingerprint density at radius 1 is 0.541 bits per heavy atom. The molecule has 15 heteroatoms. The number of nitrogens with zero attached hydrogens (tertiary/aromatic N) is 2. The molecular weight excluding hydrogens is 515 g/mol. The summed E-state index contributed by atoms with van der Waals surface area (Å²) in [5.74, 6) is -4.79. The highest BCUT2D eigenvalue weighted by Gasteiger charge is 2.19. The fraction of sp³-hybridized carbons (Fsp3) is 0.182. The Kier molecular flexibility index (Phi) is 11.5. The Morgan fingerprint density at radius 3 is 1.51 bits per heavy atom. The van der Waals surface area contributed by atoms with Gasteiger partial charge in [0.15, 0.2) is 34.8 Å². The molecular formula is C22H19F5N2O8. The number of halogens is 5. The molecule has 0 aliphatic heterocycles. The molecule has 10 nitrogen and oxygen atoms in total. The largest absolute Gasteiger partial charge is 0.497 e. The second-order valence-electron chi connectivity index (χ2n) is 6.39. The fourth-order valence-corrected chi connectivity index (χ4v) is 2.41. The summed E-state index contributed by atoms with van der Waals surface area (Å²) in [4.78, 5) is 18.6. The summed E-state index contributed by atoms with van der Waals surface area (Å²) >= 11 is 0. The van der Waals surface area contributed by atoms with Crippen LogP contribution in [0.4, 0.5) is 33.3 Å². The van der Waals surface area contributed by atoms with Crippen LogP contribution in [0.2, 0.25) is 0 Å². The first-order valence-electron chi connectivity index (χ1n) is 9.62. The summed E-state index contributed by atoms with van der Waals surface area (Å²) in [6, 6.07) is 6.56. The summed E-state index contributed by atoms with van der Waals surface area (Å²) < 4.78 is 81.6. The zero-order chi connectivity index (χ0) is 28.3. The van der Waals surface area contributed by atoms with Gasteiger partial charge in [-0.25, -0.2) is 17.6 Å². The van der Waals surface area contributed by atoms with Gasteiger partial charge in [0, 0.05) is 18.2 Å². The number of nitro benzene ring substituents is 2. The van der Waals surface area contributed by atoms with Crippen LogP contribution in [-0.4, -0.2) is 38.3 Å². The highest BCUT2D eigenvalue weighted by atomic mass is 19.2. The third-order valence-corrected chi connectivity index (χ3v) is 4.19. The fourth-order valence-electron chi connectivity index (χ4n) is 2.41. The molecule has 3 rings (SSSR count). The van der Waals surface area contributed by atoms with Crippen molar-refractivity contribution in [3.05, 3.63) is 91.8 Å². The molecule has 37 heavy (non-hydrogen) atoms. The molecule has 0 aliphatic carbocycles. The molecule has 0 saturated heterocycles. The number of benzene rings is 3. The highest BCUT2D eigenvalue weighted by molar-refractivity contribution is 5.51. The Morgan fingerprint density at radius 2 is 1.03 bits per heavy atom. The predicted molar refractivity (Wildman–Crippen MR) is 119 cm³/mol. The van der Waals surface area contributed by atoms with Crippen molar-refractivity contribution in [3.8, 4) is 23.0 Å². The maximum absolute atomic E-state index is 13.0. The maximum Gasteiger partial charge on any atom is 0.314 e. The zero-order valence-corrected chi connectivity index (χ0v) is 19.6. The van der Waals surface area contributed by atoms with Gasteiger partial charge in [-0.15, -0.1) is 0 Å². The van der Waals surface area contributed by atoms with E-state index in [9.17, 15) is 42.2 Å². The average molecular weight is 534 g/mol. The van der Waals surface area contributed by atoms with Gasteiger partial charge in [0.05, 0.1) is 50.4 Å². The summed E-state index contributed by atoms with van der Waals surface area (Å²) in [7, 11) is 5.47. The van der Waals surface area contributed by atoms with Gasteiger partial charge < -0.3 is 18.9 Å². The van der Waals surface area contributed by atoms with E-state index < -0.39 is 44.5 Å². The Bertz CT molecular complexity index is 1260. The smallest absolute Gasteiger partial charge is 0.314 e. The van der Waals surface area contributed by atoms with E-state index in [1.54, 1.807) is 0 Å². The molecule has 0 fully saturated rings. The van der Waals surface area contributed by atoms with Gasteiger partial charge >= 0.3 is 11.4 Å². The van der Waals surface area contributed by atoms with Crippen LogP contribution >= 0.6 is 0 Å². The van der Waals surface area contributed by atoms with Crippen LogP contribution in [0.1, 0.15) is 0 Å². The first-order chi connectivity index (χ1) is 17.4. The quantitative estimate of drug-likeness (QED) is 0.173. The van der Waals surface area contributed by atoms with Gasteiger partial charge in [-0.1, -0.05) is 0 Å². The van der Waals surface area contributed by atoms with E-state index in [0.29, 0.717) is 5.75 Å². The van der Waals surface area contributed by atoms with Crippen molar-refractivity contribution in [1.29, 1.82) is 0 Å². The predicted octanol–water partition coefficient (Wildman–Crippen LogP) is 5.61. The normalized spacial score (nSPS) is 9.65. The van der Waals surface area contributed by atoms with E-state index in [-0.39, 0.29) is 35.2 Å². The molecule has 200 valence electrons. The van der Waals surface area contributed by atoms with Crippen molar-refractivity contribution < 1.29 is 50.7 Å². The van der Waals surface area contributed by atoms with Gasteiger partial charge in [-0.05, 0) is 12.1 Å². The summed E-state index contributed by atoms with van der Waals surface area (Å²) in [6.07, 6.45) is 0. The third-order valence-electron chi connectivity index (χ3n) is 4.19. The van der Waals surface area contributed by atoms with Gasteiger partial charge in [-0.2, -0.15) is 4.39 Å². The second-order valence-corrected chi connectivity index (χ2v) is 6.39. The Hall–Kier alpha value is -4.69. The first-order valence-corrected chi connectivity index (χ1v) is 9.62. The number of nitro groups is 2. The first kappa shape index (κ1) is 30.3. The van der Waals surface area contributed by atoms with Gasteiger partial charge in [-0.3, -0.25) is 20.2 Å². The lowest BCUT2D eigenvalue weighted by Gasteiger charge is -2.05.